The van der Waals surface area contributed by atoms with Gasteiger partial charge in [0.15, 0.2) is 0 Å². The fraction of sp³-hybridized carbons (Fsp3) is 0.417. The van der Waals surface area contributed by atoms with Gasteiger partial charge in [0.05, 0.1) is 6.61 Å². The molecule has 0 aliphatic carbocycles. The van der Waals surface area contributed by atoms with Gasteiger partial charge < -0.3 is 14.9 Å². The van der Waals surface area contributed by atoms with E-state index in [1.165, 1.54) is 18.2 Å². The summed E-state index contributed by atoms with van der Waals surface area (Å²) in [5.41, 5.74) is 0.858. The fourth-order valence-electron chi connectivity index (χ4n) is 2.08. The fourth-order valence-corrected chi connectivity index (χ4v) is 2.08. The van der Waals surface area contributed by atoms with Crippen LogP contribution in [0.4, 0.5) is 13.2 Å². The lowest BCUT2D eigenvalue weighted by atomic mass is 9.89. The lowest BCUT2D eigenvalue weighted by Gasteiger charge is -2.32. The van der Waals surface area contributed by atoms with Crippen LogP contribution in [0.1, 0.15) is 11.1 Å². The molecule has 0 spiro atoms. The Bertz CT molecular complexity index is 498. The molecule has 0 bridgehead atoms. The average Bonchev–Trinajstić information content (AvgIpc) is 2.35. The summed E-state index contributed by atoms with van der Waals surface area (Å²) in [7, 11) is 0. The van der Waals surface area contributed by atoms with Crippen LogP contribution < -0.4 is 4.74 Å². The molecule has 19 heavy (non-hydrogen) atoms. The monoisotopic (exact) mass is 276 g/mol. The van der Waals surface area contributed by atoms with E-state index < -0.39 is 24.2 Å². The van der Waals surface area contributed by atoms with E-state index in [2.05, 4.69) is 0 Å². The first-order valence-corrected chi connectivity index (χ1v) is 5.51. The molecule has 0 radical (unpaired) electrons. The maximum Gasteiger partial charge on any atom is 0.426 e. The van der Waals surface area contributed by atoms with Gasteiger partial charge >= 0.3 is 12.1 Å². The predicted octanol–water partition coefficient (Wildman–Crippen LogP) is 1.75. The number of hydrogen-bond acceptors (Lipinski definition) is 3. The van der Waals surface area contributed by atoms with Crippen LogP contribution in [-0.2, 0) is 17.8 Å². The van der Waals surface area contributed by atoms with Crippen LogP contribution in [0, 0.1) is 5.92 Å². The van der Waals surface area contributed by atoms with E-state index in [0.29, 0.717) is 11.1 Å². The first-order chi connectivity index (χ1) is 8.82. The molecule has 1 aromatic carbocycles. The SMILES string of the molecule is O=C(O)[C@@H]1Cc2cc(CO)ccc2O[C@@H]1C(F)(F)F. The Morgan fingerprint density at radius 3 is 2.63 bits per heavy atom. The van der Waals surface area contributed by atoms with Crippen LogP contribution in [0.25, 0.3) is 0 Å². The number of rotatable bonds is 2. The van der Waals surface area contributed by atoms with Gasteiger partial charge in [0.1, 0.15) is 11.7 Å². The van der Waals surface area contributed by atoms with Crippen molar-refractivity contribution in [2.45, 2.75) is 25.3 Å². The highest BCUT2D eigenvalue weighted by Crippen LogP contribution is 2.38. The maximum absolute atomic E-state index is 12.8. The largest absolute Gasteiger partial charge is 0.481 e. The van der Waals surface area contributed by atoms with Crippen molar-refractivity contribution >= 4 is 5.97 Å². The third kappa shape index (κ3) is 2.65. The number of carboxylic acid groups (broad SMARTS) is 1. The van der Waals surface area contributed by atoms with Crippen LogP contribution in [0.2, 0.25) is 0 Å². The minimum Gasteiger partial charge on any atom is -0.481 e. The molecule has 1 aromatic rings. The standard InChI is InChI=1S/C12H11F3O4/c13-12(14,15)10-8(11(17)18)4-7-3-6(5-16)1-2-9(7)19-10/h1-3,8,10,16H,4-5H2,(H,17,18)/t8-,10+/m1/s1. The quantitative estimate of drug-likeness (QED) is 0.863. The van der Waals surface area contributed by atoms with E-state index in [0.717, 1.165) is 0 Å². The van der Waals surface area contributed by atoms with E-state index in [4.69, 9.17) is 14.9 Å². The summed E-state index contributed by atoms with van der Waals surface area (Å²) in [5, 5.41) is 17.9. The molecule has 0 aromatic heterocycles. The zero-order valence-electron chi connectivity index (χ0n) is 9.65. The Kier molecular flexibility index (Phi) is 3.40. The van der Waals surface area contributed by atoms with Gasteiger partial charge in [-0.15, -0.1) is 0 Å². The molecule has 7 heteroatoms. The smallest absolute Gasteiger partial charge is 0.426 e. The molecular formula is C12H11F3O4. The summed E-state index contributed by atoms with van der Waals surface area (Å²) < 4.78 is 43.1. The minimum atomic E-state index is -4.74. The van der Waals surface area contributed by atoms with Crippen molar-refractivity contribution in [3.63, 3.8) is 0 Å². The Morgan fingerprint density at radius 1 is 1.42 bits per heavy atom. The lowest BCUT2D eigenvalue weighted by Crippen LogP contribution is -2.47. The number of aliphatic hydroxyl groups excluding tert-OH is 1. The van der Waals surface area contributed by atoms with E-state index in [9.17, 15) is 18.0 Å². The number of ether oxygens (including phenoxy) is 1. The highest BCUT2D eigenvalue weighted by Gasteiger charge is 2.52. The molecule has 2 rings (SSSR count). The summed E-state index contributed by atoms with van der Waals surface area (Å²) in [6.07, 6.45) is -7.36. The molecule has 2 N–H and O–H groups in total. The van der Waals surface area contributed by atoms with Crippen LogP contribution in [0.15, 0.2) is 18.2 Å². The molecule has 0 fully saturated rings. The maximum atomic E-state index is 12.8. The van der Waals surface area contributed by atoms with Gasteiger partial charge in [-0.1, -0.05) is 6.07 Å². The molecule has 1 heterocycles. The molecule has 0 amide bonds. The molecule has 1 aliphatic rings. The van der Waals surface area contributed by atoms with Gasteiger partial charge in [-0.3, -0.25) is 4.79 Å². The summed E-state index contributed by atoms with van der Waals surface area (Å²) in [4.78, 5) is 10.9. The molecule has 2 atom stereocenters. The predicted molar refractivity (Wildman–Crippen MR) is 57.7 cm³/mol. The number of hydrogen-bond donors (Lipinski definition) is 2. The summed E-state index contributed by atoms with van der Waals surface area (Å²) in [5.74, 6) is -3.22. The summed E-state index contributed by atoms with van der Waals surface area (Å²) in [6.45, 7) is -0.270. The molecule has 0 unspecified atom stereocenters. The number of benzene rings is 1. The molecule has 104 valence electrons. The molecule has 4 nitrogen and oxygen atoms in total. The van der Waals surface area contributed by atoms with Gasteiger partial charge in [-0.2, -0.15) is 13.2 Å². The second kappa shape index (κ2) is 4.73. The highest BCUT2D eigenvalue weighted by atomic mass is 19.4. The number of carboxylic acids is 1. The zero-order valence-corrected chi connectivity index (χ0v) is 9.65. The highest BCUT2D eigenvalue weighted by molar-refractivity contribution is 5.72. The van der Waals surface area contributed by atoms with Crippen molar-refractivity contribution in [1.29, 1.82) is 0 Å². The van der Waals surface area contributed by atoms with Crippen molar-refractivity contribution in [2.24, 2.45) is 5.92 Å². The van der Waals surface area contributed by atoms with Gasteiger partial charge in [0.2, 0.25) is 6.10 Å². The topological polar surface area (TPSA) is 66.8 Å². The number of aliphatic hydroxyl groups is 1. The Hall–Kier alpha value is -1.76. The first kappa shape index (κ1) is 13.7. The molecular weight excluding hydrogens is 265 g/mol. The number of fused-ring (bicyclic) bond motifs is 1. The molecule has 0 saturated carbocycles. The second-order valence-electron chi connectivity index (χ2n) is 4.33. The van der Waals surface area contributed by atoms with E-state index in [-0.39, 0.29) is 18.8 Å². The Labute approximate surface area is 106 Å². The van der Waals surface area contributed by atoms with Crippen LogP contribution in [0.3, 0.4) is 0 Å². The zero-order chi connectivity index (χ0) is 14.2. The lowest BCUT2D eigenvalue weighted by molar-refractivity contribution is -0.217. The average molecular weight is 276 g/mol. The van der Waals surface area contributed by atoms with Crippen molar-refractivity contribution in [3.05, 3.63) is 29.3 Å². The van der Waals surface area contributed by atoms with Gasteiger partial charge in [0.25, 0.3) is 0 Å². The summed E-state index contributed by atoms with van der Waals surface area (Å²) in [6, 6.07) is 4.21. The van der Waals surface area contributed by atoms with Gasteiger partial charge in [-0.25, -0.2) is 0 Å². The summed E-state index contributed by atoms with van der Waals surface area (Å²) >= 11 is 0. The van der Waals surface area contributed by atoms with E-state index in [1.807, 2.05) is 0 Å². The van der Waals surface area contributed by atoms with E-state index in [1.54, 1.807) is 0 Å². The third-order valence-electron chi connectivity index (χ3n) is 3.01. The third-order valence-corrected chi connectivity index (χ3v) is 3.01. The van der Waals surface area contributed by atoms with Crippen LogP contribution in [0.5, 0.6) is 5.75 Å². The number of carbonyl (C=O) groups is 1. The van der Waals surface area contributed by atoms with Crippen molar-refractivity contribution < 1.29 is 32.9 Å². The van der Waals surface area contributed by atoms with E-state index >= 15 is 0 Å². The number of halogens is 3. The minimum absolute atomic E-state index is 0.0111. The van der Waals surface area contributed by atoms with Crippen molar-refractivity contribution in [3.8, 4) is 5.75 Å². The van der Waals surface area contributed by atoms with Crippen molar-refractivity contribution in [2.75, 3.05) is 0 Å². The molecule has 1 aliphatic heterocycles. The van der Waals surface area contributed by atoms with Gasteiger partial charge in [-0.05, 0) is 29.7 Å². The second-order valence-corrected chi connectivity index (χ2v) is 4.33. The first-order valence-electron chi connectivity index (χ1n) is 5.51. The number of alkyl halides is 3. The Balaban J connectivity index is 2.39. The van der Waals surface area contributed by atoms with Crippen LogP contribution in [-0.4, -0.2) is 28.5 Å². The normalized spacial score (nSPS) is 22.5. The van der Waals surface area contributed by atoms with Crippen LogP contribution >= 0.6 is 0 Å². The molecule has 0 saturated heterocycles. The van der Waals surface area contributed by atoms with Gasteiger partial charge in [0, 0.05) is 0 Å². The Morgan fingerprint density at radius 2 is 2.11 bits per heavy atom. The number of aliphatic carboxylic acids is 1. The van der Waals surface area contributed by atoms with Crippen molar-refractivity contribution in [1.82, 2.24) is 0 Å².